The van der Waals surface area contributed by atoms with E-state index in [1.165, 1.54) is 0 Å². The van der Waals surface area contributed by atoms with E-state index in [-0.39, 0.29) is 6.10 Å². The van der Waals surface area contributed by atoms with Gasteiger partial charge in [0.15, 0.2) is 0 Å². The zero-order chi connectivity index (χ0) is 8.91. The van der Waals surface area contributed by atoms with E-state index in [0.717, 1.165) is 12.5 Å². The van der Waals surface area contributed by atoms with Crippen molar-refractivity contribution >= 4 is 19.7 Å². The zero-order valence-corrected chi connectivity index (χ0v) is 9.06. The van der Waals surface area contributed by atoms with Crippen LogP contribution in [-0.2, 0) is 0 Å². The molecule has 0 aromatic rings. The van der Waals surface area contributed by atoms with Crippen LogP contribution in [0.25, 0.3) is 0 Å². The first-order valence-corrected chi connectivity index (χ1v) is 7.71. The molecule has 0 radical (unpaired) electrons. The van der Waals surface area contributed by atoms with Crippen molar-refractivity contribution in [2.45, 2.75) is 31.7 Å². The molecule has 1 N–H and O–H groups in total. The van der Waals surface area contributed by atoms with Crippen LogP contribution in [0.15, 0.2) is 12.3 Å². The van der Waals surface area contributed by atoms with Crippen molar-refractivity contribution in [3.63, 3.8) is 0 Å². The fourth-order valence-electron chi connectivity index (χ4n) is 0.718. The first kappa shape index (κ1) is 11.2. The number of hydrogen-bond acceptors (Lipinski definition) is 1. The summed E-state index contributed by atoms with van der Waals surface area (Å²) in [5, 5.41) is 9.17. The molecule has 0 bridgehead atoms. The Balaban J connectivity index is 3.60. The van der Waals surface area contributed by atoms with E-state index in [0.29, 0.717) is 5.88 Å². The molecule has 0 aliphatic heterocycles. The molecule has 0 saturated heterocycles. The number of aliphatic hydroxyl groups is 1. The van der Waals surface area contributed by atoms with Crippen molar-refractivity contribution in [2.75, 3.05) is 5.88 Å². The number of alkyl halides is 1. The van der Waals surface area contributed by atoms with E-state index in [1.54, 1.807) is 0 Å². The zero-order valence-electron chi connectivity index (χ0n) is 7.31. The third-order valence-corrected chi connectivity index (χ3v) is 4.89. The van der Waals surface area contributed by atoms with E-state index in [1.807, 2.05) is 5.70 Å². The van der Waals surface area contributed by atoms with E-state index >= 15 is 0 Å². The van der Waals surface area contributed by atoms with E-state index < -0.39 is 8.07 Å². The summed E-state index contributed by atoms with van der Waals surface area (Å²) in [6, 6.07) is 1.07. The van der Waals surface area contributed by atoms with Crippen molar-refractivity contribution in [3.05, 3.63) is 12.3 Å². The molecule has 0 amide bonds. The highest BCUT2D eigenvalue weighted by Crippen LogP contribution is 2.14. The lowest BCUT2D eigenvalue weighted by Gasteiger charge is -2.18. The summed E-state index contributed by atoms with van der Waals surface area (Å²) < 4.78 is 0. The Bertz CT molecular complexity index is 125. The third kappa shape index (κ3) is 5.47. The summed E-state index contributed by atoms with van der Waals surface area (Å²) in [6.07, 6.45) is 0.484. The van der Waals surface area contributed by atoms with Crippen LogP contribution in [0.4, 0.5) is 0 Å². The molecule has 11 heavy (non-hydrogen) atoms. The molecule has 0 aromatic carbocycles. The Labute approximate surface area is 75.1 Å². The van der Waals surface area contributed by atoms with Gasteiger partial charge in [0.25, 0.3) is 0 Å². The largest absolute Gasteiger partial charge is 0.392 e. The molecule has 1 unspecified atom stereocenters. The summed E-state index contributed by atoms with van der Waals surface area (Å²) in [7, 11) is -1.21. The number of aliphatic hydroxyl groups excluding tert-OH is 1. The van der Waals surface area contributed by atoms with Gasteiger partial charge in [0.1, 0.15) is 0 Å². The Morgan fingerprint density at radius 2 is 2.18 bits per heavy atom. The predicted molar refractivity (Wildman–Crippen MR) is 53.8 cm³/mol. The summed E-state index contributed by atoms with van der Waals surface area (Å²) >= 11 is 5.46. The summed E-state index contributed by atoms with van der Waals surface area (Å²) in [6.45, 7) is 8.26. The van der Waals surface area contributed by atoms with Gasteiger partial charge >= 0.3 is 0 Å². The average Bonchev–Trinajstić information content (AvgIpc) is 2.00. The summed E-state index contributed by atoms with van der Waals surface area (Å²) in [5.41, 5.74) is 2.05. The normalized spacial score (nSPS) is 14.5. The third-order valence-electron chi connectivity index (χ3n) is 1.85. The molecule has 0 aliphatic carbocycles. The molecular weight excluding hydrogens is 176 g/mol. The highest BCUT2D eigenvalue weighted by molar-refractivity contribution is 6.82. The Hall–Kier alpha value is 0.207. The molecule has 0 spiro atoms. The van der Waals surface area contributed by atoms with Gasteiger partial charge in [0.2, 0.25) is 0 Å². The van der Waals surface area contributed by atoms with Crippen LogP contribution in [0.3, 0.4) is 0 Å². The molecule has 1 nitrogen and oxygen atoms in total. The lowest BCUT2D eigenvalue weighted by Crippen LogP contribution is -2.24. The van der Waals surface area contributed by atoms with Crippen molar-refractivity contribution in [2.24, 2.45) is 0 Å². The molecule has 0 fully saturated rings. The van der Waals surface area contributed by atoms with Crippen LogP contribution in [0.1, 0.15) is 6.42 Å². The maximum Gasteiger partial charge on any atom is 0.0710 e. The van der Waals surface area contributed by atoms with Crippen LogP contribution in [0.2, 0.25) is 19.1 Å². The quantitative estimate of drug-likeness (QED) is 0.524. The molecule has 0 rings (SSSR count). The minimum absolute atomic E-state index is 0.330. The Kier molecular flexibility index (Phi) is 5.05. The van der Waals surface area contributed by atoms with Gasteiger partial charge in [-0.05, 0) is 6.42 Å². The Morgan fingerprint density at radius 3 is 2.55 bits per heavy atom. The second-order valence-corrected chi connectivity index (χ2v) is 8.73. The minimum atomic E-state index is -1.21. The number of hydrogen-bond donors (Lipinski definition) is 1. The molecule has 0 heterocycles. The second-order valence-electron chi connectivity index (χ2n) is 3.54. The Morgan fingerprint density at radius 1 is 1.64 bits per heavy atom. The van der Waals surface area contributed by atoms with Crippen molar-refractivity contribution in [1.82, 2.24) is 0 Å². The van der Waals surface area contributed by atoms with E-state index in [9.17, 15) is 5.11 Å². The number of rotatable bonds is 5. The maximum atomic E-state index is 9.17. The van der Waals surface area contributed by atoms with Crippen LogP contribution < -0.4 is 0 Å². The average molecular weight is 193 g/mol. The standard InChI is InChI=1S/C8H17ClOSi/c1-4-11(2,3)6-5-8(10)7-9/h4,8,10H,1,5-7H2,2-3H3. The molecule has 3 heteroatoms. The number of halogens is 1. The van der Waals surface area contributed by atoms with Gasteiger partial charge in [-0.1, -0.05) is 19.1 Å². The summed E-state index contributed by atoms with van der Waals surface area (Å²) in [4.78, 5) is 0. The van der Waals surface area contributed by atoms with Gasteiger partial charge < -0.3 is 5.11 Å². The lowest BCUT2D eigenvalue weighted by molar-refractivity contribution is 0.193. The molecule has 0 aromatic heterocycles. The molecular formula is C8H17ClOSi. The first-order valence-electron chi connectivity index (χ1n) is 3.89. The molecule has 0 aliphatic rings. The smallest absolute Gasteiger partial charge is 0.0710 e. The highest BCUT2D eigenvalue weighted by atomic mass is 35.5. The summed E-state index contributed by atoms with van der Waals surface area (Å²) in [5.74, 6) is 0.349. The van der Waals surface area contributed by atoms with Gasteiger partial charge in [-0.2, -0.15) is 0 Å². The van der Waals surface area contributed by atoms with E-state index in [4.69, 9.17) is 11.6 Å². The van der Waals surface area contributed by atoms with Gasteiger partial charge in [-0.25, -0.2) is 0 Å². The minimum Gasteiger partial charge on any atom is -0.392 e. The fourth-order valence-corrected chi connectivity index (χ4v) is 2.15. The van der Waals surface area contributed by atoms with Crippen molar-refractivity contribution in [3.8, 4) is 0 Å². The predicted octanol–water partition coefficient (Wildman–Crippen LogP) is 2.41. The topological polar surface area (TPSA) is 20.2 Å². The molecule has 66 valence electrons. The van der Waals surface area contributed by atoms with Gasteiger partial charge in [0, 0.05) is 5.88 Å². The van der Waals surface area contributed by atoms with Gasteiger partial charge in [0.05, 0.1) is 14.2 Å². The van der Waals surface area contributed by atoms with Crippen LogP contribution in [0.5, 0.6) is 0 Å². The van der Waals surface area contributed by atoms with Gasteiger partial charge in [-0.15, -0.1) is 23.9 Å². The van der Waals surface area contributed by atoms with Crippen LogP contribution in [0, 0.1) is 0 Å². The molecule has 0 saturated carbocycles. The van der Waals surface area contributed by atoms with Crippen LogP contribution >= 0.6 is 11.6 Å². The van der Waals surface area contributed by atoms with Crippen molar-refractivity contribution < 1.29 is 5.11 Å². The fraction of sp³-hybridized carbons (Fsp3) is 0.750. The van der Waals surface area contributed by atoms with Crippen molar-refractivity contribution in [1.29, 1.82) is 0 Å². The lowest BCUT2D eigenvalue weighted by atomic mass is 10.3. The highest BCUT2D eigenvalue weighted by Gasteiger charge is 2.16. The van der Waals surface area contributed by atoms with E-state index in [2.05, 4.69) is 19.7 Å². The SMILES string of the molecule is C=C[Si](C)(C)CCC(O)CCl. The second kappa shape index (κ2) is 4.96. The maximum absolute atomic E-state index is 9.17. The monoisotopic (exact) mass is 192 g/mol. The molecule has 1 atom stereocenters. The van der Waals surface area contributed by atoms with Gasteiger partial charge in [-0.3, -0.25) is 0 Å². The van der Waals surface area contributed by atoms with Crippen LogP contribution in [-0.4, -0.2) is 25.2 Å². The first-order chi connectivity index (χ1) is 5.02.